The van der Waals surface area contributed by atoms with Crippen molar-refractivity contribution in [1.82, 2.24) is 19.6 Å². The highest BCUT2D eigenvalue weighted by Gasteiger charge is 2.59. The molecule has 2 heterocycles. The smallest absolute Gasteiger partial charge is 0.408 e. The summed E-state index contributed by atoms with van der Waals surface area (Å²) in [6, 6.07) is 10.4. The van der Waals surface area contributed by atoms with Gasteiger partial charge in [0.2, 0.25) is 0 Å². The summed E-state index contributed by atoms with van der Waals surface area (Å²) >= 11 is 0. The van der Waals surface area contributed by atoms with E-state index in [9.17, 15) is 14.7 Å². The molecule has 0 spiro atoms. The number of nitrogens with zero attached hydrogens (tertiary/aromatic N) is 4. The summed E-state index contributed by atoms with van der Waals surface area (Å²) in [5, 5.41) is 10.1. The third kappa shape index (κ3) is 4.79. The van der Waals surface area contributed by atoms with Crippen molar-refractivity contribution >= 4 is 12.0 Å². The highest BCUT2D eigenvalue weighted by atomic mass is 16.4. The van der Waals surface area contributed by atoms with Crippen molar-refractivity contribution in [1.29, 1.82) is 0 Å². The van der Waals surface area contributed by atoms with E-state index in [1.54, 1.807) is 0 Å². The largest absolute Gasteiger partial charge is 0.465 e. The number of amides is 2. The number of rotatable bonds is 3. The Morgan fingerprint density at radius 2 is 1.50 bits per heavy atom. The molecule has 2 amide bonds. The van der Waals surface area contributed by atoms with Crippen LogP contribution in [-0.2, 0) is 11.3 Å². The summed E-state index contributed by atoms with van der Waals surface area (Å²) in [4.78, 5) is 34.4. The van der Waals surface area contributed by atoms with Gasteiger partial charge < -0.3 is 10.0 Å². The summed E-state index contributed by atoms with van der Waals surface area (Å²) in [5.74, 6) is -0.0549. The predicted molar refractivity (Wildman–Crippen MR) is 127 cm³/mol. The van der Waals surface area contributed by atoms with Crippen LogP contribution in [0.3, 0.4) is 0 Å². The third-order valence-electron chi connectivity index (χ3n) is 7.16. The van der Waals surface area contributed by atoms with Crippen molar-refractivity contribution in [2.45, 2.75) is 59.2 Å². The minimum atomic E-state index is -1.12. The quantitative estimate of drug-likeness (QED) is 0.775. The Morgan fingerprint density at radius 3 is 2.00 bits per heavy atom. The molecule has 7 nitrogen and oxygen atoms in total. The molecule has 0 saturated carbocycles. The normalized spacial score (nSPS) is 23.9. The van der Waals surface area contributed by atoms with E-state index in [4.69, 9.17) is 0 Å². The zero-order valence-corrected chi connectivity index (χ0v) is 20.6. The van der Waals surface area contributed by atoms with Crippen molar-refractivity contribution in [2.24, 2.45) is 5.41 Å². The van der Waals surface area contributed by atoms with Gasteiger partial charge >= 0.3 is 6.09 Å². The monoisotopic (exact) mass is 444 g/mol. The molecule has 1 aromatic carbocycles. The van der Waals surface area contributed by atoms with Crippen LogP contribution in [0.1, 0.15) is 47.1 Å². The van der Waals surface area contributed by atoms with Crippen LogP contribution >= 0.6 is 0 Å². The van der Waals surface area contributed by atoms with Crippen LogP contribution in [0.15, 0.2) is 30.3 Å². The first kappa shape index (κ1) is 24.5. The first-order valence-corrected chi connectivity index (χ1v) is 11.7. The standard InChI is InChI=1S/C25H40N4O3/c1-23(2,3)25(19-28(24(4,5)6)16-17-29(25)22(31)32)21(30)27-14-12-26(13-15-27)18-20-10-8-7-9-11-20/h7-11H,12-19H2,1-6H3,(H,31,32). The van der Waals surface area contributed by atoms with E-state index in [2.05, 4.69) is 42.7 Å². The molecule has 2 aliphatic rings. The van der Waals surface area contributed by atoms with E-state index in [0.717, 1.165) is 19.6 Å². The Hall–Kier alpha value is -2.12. The first-order valence-electron chi connectivity index (χ1n) is 11.7. The van der Waals surface area contributed by atoms with Gasteiger partial charge in [0, 0.05) is 57.9 Å². The van der Waals surface area contributed by atoms with Crippen LogP contribution in [0.25, 0.3) is 0 Å². The van der Waals surface area contributed by atoms with Crippen LogP contribution in [0, 0.1) is 5.41 Å². The molecule has 2 aliphatic heterocycles. The molecule has 32 heavy (non-hydrogen) atoms. The highest BCUT2D eigenvalue weighted by molar-refractivity contribution is 5.91. The second kappa shape index (κ2) is 9.02. The molecule has 0 aromatic heterocycles. The van der Waals surface area contributed by atoms with Gasteiger partial charge in [0.15, 0.2) is 0 Å². The van der Waals surface area contributed by atoms with E-state index in [-0.39, 0.29) is 11.4 Å². The minimum absolute atomic E-state index is 0.0549. The van der Waals surface area contributed by atoms with Gasteiger partial charge in [-0.2, -0.15) is 0 Å². The van der Waals surface area contributed by atoms with Crippen LogP contribution < -0.4 is 0 Å². The maximum absolute atomic E-state index is 14.1. The predicted octanol–water partition coefficient (Wildman–Crippen LogP) is 3.21. The van der Waals surface area contributed by atoms with E-state index in [1.807, 2.05) is 43.9 Å². The van der Waals surface area contributed by atoms with Gasteiger partial charge in [-0.25, -0.2) is 4.79 Å². The SMILES string of the molecule is CC(C)(C)N1CCN(C(=O)O)C(C(=O)N2CCN(Cc3ccccc3)CC2)(C(C)(C)C)C1. The fraction of sp³-hybridized carbons (Fsp3) is 0.680. The van der Waals surface area contributed by atoms with Gasteiger partial charge in [-0.3, -0.25) is 19.5 Å². The summed E-state index contributed by atoms with van der Waals surface area (Å²) in [6.45, 7) is 17.4. The molecule has 0 radical (unpaired) electrons. The number of piperazine rings is 2. The van der Waals surface area contributed by atoms with Crippen molar-refractivity contribution < 1.29 is 14.7 Å². The number of hydrogen-bond acceptors (Lipinski definition) is 4. The molecule has 7 heteroatoms. The Bertz CT molecular complexity index is 807. The van der Waals surface area contributed by atoms with Gasteiger partial charge in [0.1, 0.15) is 5.54 Å². The van der Waals surface area contributed by atoms with Gasteiger partial charge in [-0.1, -0.05) is 51.1 Å². The molecule has 2 fully saturated rings. The number of carbonyl (C=O) groups is 2. The van der Waals surface area contributed by atoms with E-state index < -0.39 is 17.0 Å². The average Bonchev–Trinajstić information content (AvgIpc) is 2.72. The number of hydrogen-bond donors (Lipinski definition) is 1. The second-order valence-corrected chi connectivity index (χ2v) is 11.2. The van der Waals surface area contributed by atoms with Crippen LogP contribution in [-0.4, -0.2) is 93.6 Å². The molecule has 2 saturated heterocycles. The molecular formula is C25H40N4O3. The molecule has 1 atom stereocenters. The lowest BCUT2D eigenvalue weighted by Crippen LogP contribution is -2.76. The van der Waals surface area contributed by atoms with Crippen LogP contribution in [0.2, 0.25) is 0 Å². The lowest BCUT2D eigenvalue weighted by molar-refractivity contribution is -0.162. The van der Waals surface area contributed by atoms with E-state index >= 15 is 0 Å². The fourth-order valence-corrected chi connectivity index (χ4v) is 5.04. The Labute approximate surface area is 193 Å². The molecule has 1 N–H and O–H groups in total. The van der Waals surface area contributed by atoms with Crippen molar-refractivity contribution in [3.63, 3.8) is 0 Å². The highest BCUT2D eigenvalue weighted by Crippen LogP contribution is 2.42. The molecule has 0 aliphatic carbocycles. The van der Waals surface area contributed by atoms with Crippen molar-refractivity contribution in [3.8, 4) is 0 Å². The maximum Gasteiger partial charge on any atom is 0.408 e. The number of benzene rings is 1. The van der Waals surface area contributed by atoms with Crippen LogP contribution in [0.5, 0.6) is 0 Å². The summed E-state index contributed by atoms with van der Waals surface area (Å²) in [5.41, 5.74) is -0.543. The average molecular weight is 445 g/mol. The first-order chi connectivity index (χ1) is 14.9. The third-order valence-corrected chi connectivity index (χ3v) is 7.16. The summed E-state index contributed by atoms with van der Waals surface area (Å²) in [6.07, 6.45) is -1.01. The lowest BCUT2D eigenvalue weighted by Gasteiger charge is -2.58. The topological polar surface area (TPSA) is 67.3 Å². The maximum atomic E-state index is 14.1. The van der Waals surface area contributed by atoms with Crippen molar-refractivity contribution in [3.05, 3.63) is 35.9 Å². The molecule has 0 bridgehead atoms. The molecule has 178 valence electrons. The minimum Gasteiger partial charge on any atom is -0.465 e. The van der Waals surface area contributed by atoms with Crippen molar-refractivity contribution in [2.75, 3.05) is 45.8 Å². The molecule has 1 aromatic rings. The summed E-state index contributed by atoms with van der Waals surface area (Å²) in [7, 11) is 0. The van der Waals surface area contributed by atoms with Gasteiger partial charge in [-0.15, -0.1) is 0 Å². The van der Waals surface area contributed by atoms with Crippen LogP contribution in [0.4, 0.5) is 4.79 Å². The lowest BCUT2D eigenvalue weighted by atomic mass is 9.69. The zero-order valence-electron chi connectivity index (χ0n) is 20.6. The van der Waals surface area contributed by atoms with E-state index in [1.165, 1.54) is 10.5 Å². The summed E-state index contributed by atoms with van der Waals surface area (Å²) < 4.78 is 0. The van der Waals surface area contributed by atoms with Gasteiger partial charge in [0.05, 0.1) is 0 Å². The van der Waals surface area contributed by atoms with E-state index in [0.29, 0.717) is 32.7 Å². The van der Waals surface area contributed by atoms with Gasteiger partial charge in [0.25, 0.3) is 5.91 Å². The second-order valence-electron chi connectivity index (χ2n) is 11.2. The fourth-order valence-electron chi connectivity index (χ4n) is 5.04. The Balaban J connectivity index is 1.83. The molecule has 1 unspecified atom stereocenters. The molecule has 3 rings (SSSR count). The molecular weight excluding hydrogens is 404 g/mol. The Morgan fingerprint density at radius 1 is 0.906 bits per heavy atom. The zero-order chi connectivity index (χ0) is 23.7. The Kier molecular flexibility index (Phi) is 6.91. The van der Waals surface area contributed by atoms with Gasteiger partial charge in [-0.05, 0) is 31.7 Å². The number of carbonyl (C=O) groups excluding carboxylic acids is 1. The number of carboxylic acid groups (broad SMARTS) is 1.